The second-order valence-corrected chi connectivity index (χ2v) is 2.63. The number of ether oxygens (including phenoxy) is 1. The molecule has 0 fully saturated rings. The first kappa shape index (κ1) is 9.51. The van der Waals surface area contributed by atoms with Crippen LogP contribution in [0.5, 0.6) is 0 Å². The van der Waals surface area contributed by atoms with Crippen molar-refractivity contribution in [2.45, 2.75) is 13.0 Å². The molecule has 0 N–H and O–H groups in total. The van der Waals surface area contributed by atoms with Gasteiger partial charge in [0.05, 0.1) is 13.5 Å². The number of carbonyl (C=O) groups is 2. The largest absolute Gasteiger partial charge is 0.469 e. The quantitative estimate of drug-likeness (QED) is 0.511. The highest BCUT2D eigenvalue weighted by atomic mass is 16.5. The van der Waals surface area contributed by atoms with E-state index in [1.165, 1.54) is 7.11 Å². The molecule has 1 aromatic heterocycles. The molecular formula is C9H11NO3. The number of methoxy groups -OCH3 is 1. The van der Waals surface area contributed by atoms with Crippen molar-refractivity contribution in [3.63, 3.8) is 0 Å². The molecule has 1 aromatic rings. The van der Waals surface area contributed by atoms with E-state index >= 15 is 0 Å². The van der Waals surface area contributed by atoms with Crippen LogP contribution in [0.4, 0.5) is 0 Å². The number of aldehydes is 1. The molecule has 70 valence electrons. The highest BCUT2D eigenvalue weighted by Crippen LogP contribution is 1.99. The monoisotopic (exact) mass is 181 g/mol. The summed E-state index contributed by atoms with van der Waals surface area (Å²) in [6.07, 6.45) is 4.54. The molecule has 0 saturated carbocycles. The van der Waals surface area contributed by atoms with Crippen LogP contribution >= 0.6 is 0 Å². The van der Waals surface area contributed by atoms with Gasteiger partial charge in [-0.05, 0) is 6.07 Å². The summed E-state index contributed by atoms with van der Waals surface area (Å²) in [4.78, 5) is 21.1. The van der Waals surface area contributed by atoms with Gasteiger partial charge in [-0.1, -0.05) is 0 Å². The summed E-state index contributed by atoms with van der Waals surface area (Å²) in [5, 5.41) is 0. The number of hydrogen-bond acceptors (Lipinski definition) is 3. The van der Waals surface area contributed by atoms with Gasteiger partial charge in [0.25, 0.3) is 0 Å². The SMILES string of the molecule is COC(=O)CCn1ccc(C=O)c1. The Labute approximate surface area is 76.1 Å². The van der Waals surface area contributed by atoms with Gasteiger partial charge in [-0.25, -0.2) is 0 Å². The van der Waals surface area contributed by atoms with Gasteiger partial charge in [-0.15, -0.1) is 0 Å². The zero-order valence-corrected chi connectivity index (χ0v) is 7.40. The lowest BCUT2D eigenvalue weighted by Gasteiger charge is -2.00. The molecule has 0 unspecified atom stereocenters. The van der Waals surface area contributed by atoms with E-state index in [-0.39, 0.29) is 5.97 Å². The standard InChI is InChI=1S/C9H11NO3/c1-13-9(12)3-5-10-4-2-8(6-10)7-11/h2,4,6-7H,3,5H2,1H3. The number of aromatic nitrogens is 1. The average Bonchev–Trinajstić information content (AvgIpc) is 2.61. The number of hydrogen-bond donors (Lipinski definition) is 0. The van der Waals surface area contributed by atoms with Gasteiger partial charge in [-0.3, -0.25) is 9.59 Å². The van der Waals surface area contributed by atoms with E-state index in [0.29, 0.717) is 18.5 Å². The number of aryl methyl sites for hydroxylation is 1. The topological polar surface area (TPSA) is 48.3 Å². The fourth-order valence-corrected chi connectivity index (χ4v) is 0.991. The lowest BCUT2D eigenvalue weighted by Crippen LogP contribution is -2.05. The molecule has 4 nitrogen and oxygen atoms in total. The third-order valence-corrected chi connectivity index (χ3v) is 1.71. The first-order chi connectivity index (χ1) is 6.26. The van der Waals surface area contributed by atoms with Gasteiger partial charge in [0.2, 0.25) is 0 Å². The van der Waals surface area contributed by atoms with Crippen molar-refractivity contribution in [3.05, 3.63) is 24.0 Å². The molecule has 0 atom stereocenters. The Hall–Kier alpha value is -1.58. The lowest BCUT2D eigenvalue weighted by atomic mass is 10.4. The zero-order valence-electron chi connectivity index (χ0n) is 7.40. The second kappa shape index (κ2) is 4.45. The van der Waals surface area contributed by atoms with Crippen molar-refractivity contribution >= 4 is 12.3 Å². The summed E-state index contributed by atoms with van der Waals surface area (Å²) < 4.78 is 6.26. The second-order valence-electron chi connectivity index (χ2n) is 2.63. The molecule has 0 bridgehead atoms. The van der Waals surface area contributed by atoms with Crippen LogP contribution < -0.4 is 0 Å². The van der Waals surface area contributed by atoms with Gasteiger partial charge < -0.3 is 9.30 Å². The molecule has 13 heavy (non-hydrogen) atoms. The summed E-state index contributed by atoms with van der Waals surface area (Å²) in [6, 6.07) is 1.70. The van der Waals surface area contributed by atoms with Gasteiger partial charge in [0.1, 0.15) is 0 Å². The summed E-state index contributed by atoms with van der Waals surface area (Å²) >= 11 is 0. The molecule has 0 aromatic carbocycles. The molecular weight excluding hydrogens is 170 g/mol. The molecule has 0 aliphatic heterocycles. The Morgan fingerprint density at radius 2 is 2.46 bits per heavy atom. The Kier molecular flexibility index (Phi) is 3.25. The van der Waals surface area contributed by atoms with Crippen molar-refractivity contribution in [1.82, 2.24) is 4.57 Å². The summed E-state index contributed by atoms with van der Waals surface area (Å²) in [5.41, 5.74) is 0.616. The molecule has 0 aliphatic carbocycles. The van der Waals surface area contributed by atoms with E-state index in [2.05, 4.69) is 4.74 Å². The normalized spacial score (nSPS) is 9.62. The van der Waals surface area contributed by atoms with Crippen molar-refractivity contribution in [2.75, 3.05) is 7.11 Å². The fraction of sp³-hybridized carbons (Fsp3) is 0.333. The molecule has 0 radical (unpaired) electrons. The fourth-order valence-electron chi connectivity index (χ4n) is 0.991. The maximum Gasteiger partial charge on any atom is 0.307 e. The van der Waals surface area contributed by atoms with Crippen LogP contribution in [0.15, 0.2) is 18.5 Å². The minimum Gasteiger partial charge on any atom is -0.469 e. The minimum atomic E-state index is -0.249. The van der Waals surface area contributed by atoms with E-state index in [9.17, 15) is 9.59 Å². The molecule has 0 aliphatic rings. The predicted molar refractivity (Wildman–Crippen MR) is 46.5 cm³/mol. The Bertz CT molecular complexity index is 304. The van der Waals surface area contributed by atoms with Gasteiger partial charge >= 0.3 is 5.97 Å². The smallest absolute Gasteiger partial charge is 0.307 e. The first-order valence-electron chi connectivity index (χ1n) is 3.94. The van der Waals surface area contributed by atoms with Gasteiger partial charge in [0.15, 0.2) is 6.29 Å². The van der Waals surface area contributed by atoms with Crippen molar-refractivity contribution < 1.29 is 14.3 Å². The summed E-state index contributed by atoms with van der Waals surface area (Å²) in [6.45, 7) is 0.542. The van der Waals surface area contributed by atoms with E-state index < -0.39 is 0 Å². The number of esters is 1. The highest BCUT2D eigenvalue weighted by Gasteiger charge is 2.00. The van der Waals surface area contributed by atoms with Crippen LogP contribution in [0.1, 0.15) is 16.8 Å². The van der Waals surface area contributed by atoms with Gasteiger partial charge in [0, 0.05) is 24.5 Å². The van der Waals surface area contributed by atoms with E-state index in [0.717, 1.165) is 6.29 Å². The first-order valence-corrected chi connectivity index (χ1v) is 3.94. The predicted octanol–water partition coefficient (Wildman–Crippen LogP) is 0.864. The third-order valence-electron chi connectivity index (χ3n) is 1.71. The Morgan fingerprint density at radius 1 is 1.69 bits per heavy atom. The average molecular weight is 181 g/mol. The van der Waals surface area contributed by atoms with Crippen LogP contribution in [-0.4, -0.2) is 23.9 Å². The van der Waals surface area contributed by atoms with Crippen LogP contribution in [0, 0.1) is 0 Å². The molecule has 1 rings (SSSR count). The third kappa shape index (κ3) is 2.74. The number of rotatable bonds is 4. The number of nitrogens with zero attached hydrogens (tertiary/aromatic N) is 1. The Balaban J connectivity index is 2.45. The molecule has 0 saturated heterocycles. The maximum absolute atomic E-state index is 10.8. The maximum atomic E-state index is 10.8. The van der Waals surface area contributed by atoms with Crippen LogP contribution in [0.3, 0.4) is 0 Å². The van der Waals surface area contributed by atoms with E-state index in [1.807, 2.05) is 0 Å². The molecule has 1 heterocycles. The Morgan fingerprint density at radius 3 is 3.00 bits per heavy atom. The van der Waals surface area contributed by atoms with Crippen LogP contribution in [0.2, 0.25) is 0 Å². The highest BCUT2D eigenvalue weighted by molar-refractivity contribution is 5.74. The van der Waals surface area contributed by atoms with Crippen LogP contribution in [0.25, 0.3) is 0 Å². The van der Waals surface area contributed by atoms with Gasteiger partial charge in [-0.2, -0.15) is 0 Å². The molecule has 0 amide bonds. The lowest BCUT2D eigenvalue weighted by molar-refractivity contribution is -0.140. The van der Waals surface area contributed by atoms with E-state index in [4.69, 9.17) is 0 Å². The van der Waals surface area contributed by atoms with Crippen LogP contribution in [-0.2, 0) is 16.1 Å². The minimum absolute atomic E-state index is 0.249. The van der Waals surface area contributed by atoms with Crippen molar-refractivity contribution in [3.8, 4) is 0 Å². The summed E-state index contributed by atoms with van der Waals surface area (Å²) in [7, 11) is 1.36. The number of carbonyl (C=O) groups excluding carboxylic acids is 2. The summed E-state index contributed by atoms with van der Waals surface area (Å²) in [5.74, 6) is -0.249. The molecule has 0 spiro atoms. The van der Waals surface area contributed by atoms with Crippen molar-refractivity contribution in [1.29, 1.82) is 0 Å². The van der Waals surface area contributed by atoms with E-state index in [1.54, 1.807) is 23.0 Å². The zero-order chi connectivity index (χ0) is 9.68. The van der Waals surface area contributed by atoms with Crippen molar-refractivity contribution in [2.24, 2.45) is 0 Å². The molecule has 4 heteroatoms.